The molecule has 0 bridgehead atoms. The van der Waals surface area contributed by atoms with Crippen molar-refractivity contribution in [2.75, 3.05) is 10.2 Å². The van der Waals surface area contributed by atoms with Crippen LogP contribution in [-0.4, -0.2) is 38.7 Å². The first kappa shape index (κ1) is 26.6. The predicted molar refractivity (Wildman–Crippen MR) is 146 cm³/mol. The fraction of sp³-hybridized carbons (Fsp3) is 0.429. The highest BCUT2D eigenvalue weighted by atomic mass is 32.1. The van der Waals surface area contributed by atoms with E-state index in [1.165, 1.54) is 0 Å². The zero-order chi connectivity index (χ0) is 26.7. The molecule has 0 radical (unpaired) electrons. The summed E-state index contributed by atoms with van der Waals surface area (Å²) in [4.78, 5) is 40.9. The maximum absolute atomic E-state index is 13.5. The highest BCUT2D eigenvalue weighted by Gasteiger charge is 2.33. The summed E-state index contributed by atoms with van der Waals surface area (Å²) in [6, 6.07) is 10.6. The van der Waals surface area contributed by atoms with Crippen molar-refractivity contribution >= 4 is 40.5 Å². The fourth-order valence-electron chi connectivity index (χ4n) is 4.90. The lowest BCUT2D eigenvalue weighted by Gasteiger charge is -2.33. The molecule has 0 saturated heterocycles. The highest BCUT2D eigenvalue weighted by Crippen LogP contribution is 2.40. The summed E-state index contributed by atoms with van der Waals surface area (Å²) in [5, 5.41) is 17.0. The second kappa shape index (κ2) is 11.3. The van der Waals surface area contributed by atoms with Crippen molar-refractivity contribution in [3.8, 4) is 10.4 Å². The minimum atomic E-state index is -1.04. The van der Waals surface area contributed by atoms with Crippen molar-refractivity contribution in [2.45, 2.75) is 66.0 Å². The molecule has 0 atom stereocenters. The molecule has 1 aliphatic rings. The molecule has 0 unspecified atom stereocenters. The normalized spacial score (nSPS) is 17.5. The van der Waals surface area contributed by atoms with E-state index >= 15 is 0 Å². The van der Waals surface area contributed by atoms with E-state index in [-0.39, 0.29) is 28.7 Å². The average molecular weight is 523 g/mol. The van der Waals surface area contributed by atoms with Crippen molar-refractivity contribution in [1.82, 2.24) is 9.78 Å². The van der Waals surface area contributed by atoms with Gasteiger partial charge in [0.25, 0.3) is 5.91 Å². The van der Waals surface area contributed by atoms with Crippen LogP contribution >= 0.6 is 11.3 Å². The van der Waals surface area contributed by atoms with Gasteiger partial charge in [0.05, 0.1) is 5.69 Å². The smallest absolute Gasteiger partial charge is 0.348 e. The lowest BCUT2D eigenvalue weighted by molar-refractivity contribution is -0.123. The number of carboxylic acid groups (broad SMARTS) is 1. The third-order valence-corrected chi connectivity index (χ3v) is 8.12. The number of nitrogens with one attached hydrogen (secondary N) is 1. The minimum Gasteiger partial charge on any atom is -0.477 e. The van der Waals surface area contributed by atoms with E-state index < -0.39 is 5.97 Å². The van der Waals surface area contributed by atoms with Crippen LogP contribution in [0.25, 0.3) is 10.4 Å². The Morgan fingerprint density at radius 3 is 2.41 bits per heavy atom. The van der Waals surface area contributed by atoms with Crippen molar-refractivity contribution in [1.29, 1.82) is 0 Å². The van der Waals surface area contributed by atoms with Gasteiger partial charge in [-0.15, -0.1) is 11.3 Å². The Kier molecular flexibility index (Phi) is 8.12. The number of hydrogen-bond acceptors (Lipinski definition) is 5. The molecule has 2 aromatic heterocycles. The van der Waals surface area contributed by atoms with Gasteiger partial charge < -0.3 is 15.3 Å². The Hall–Kier alpha value is -3.46. The summed E-state index contributed by atoms with van der Waals surface area (Å²) in [6.45, 7) is 8.58. The molecular formula is C28H34N4O4S. The van der Waals surface area contributed by atoms with Gasteiger partial charge in [0.1, 0.15) is 10.6 Å². The maximum Gasteiger partial charge on any atom is 0.348 e. The van der Waals surface area contributed by atoms with E-state index in [9.17, 15) is 19.5 Å². The van der Waals surface area contributed by atoms with Crippen LogP contribution in [0.5, 0.6) is 0 Å². The monoisotopic (exact) mass is 522 g/mol. The summed E-state index contributed by atoms with van der Waals surface area (Å²) in [7, 11) is 0. The van der Waals surface area contributed by atoms with Gasteiger partial charge in [-0.25, -0.2) is 4.79 Å². The first-order chi connectivity index (χ1) is 17.7. The third-order valence-electron chi connectivity index (χ3n) is 6.96. The number of hydrogen-bond donors (Lipinski definition) is 2. The van der Waals surface area contributed by atoms with Crippen molar-refractivity contribution in [2.24, 2.45) is 11.8 Å². The van der Waals surface area contributed by atoms with Gasteiger partial charge in [0.15, 0.2) is 0 Å². The Bertz CT molecular complexity index is 1270. The number of rotatable bonds is 8. The van der Waals surface area contributed by atoms with Crippen LogP contribution in [0.4, 0.5) is 11.4 Å². The van der Waals surface area contributed by atoms with E-state index in [1.807, 2.05) is 39.0 Å². The molecular weight excluding hydrogens is 488 g/mol. The molecule has 1 aliphatic carbocycles. The molecule has 3 aromatic rings. The molecule has 196 valence electrons. The number of aromatic nitrogens is 2. The predicted octanol–water partition coefficient (Wildman–Crippen LogP) is 6.15. The molecule has 2 heterocycles. The van der Waals surface area contributed by atoms with Crippen LogP contribution < -0.4 is 10.2 Å². The molecule has 2 amide bonds. The minimum absolute atomic E-state index is 0.0122. The van der Waals surface area contributed by atoms with E-state index in [2.05, 4.69) is 17.3 Å². The van der Waals surface area contributed by atoms with Gasteiger partial charge >= 0.3 is 5.97 Å². The quantitative estimate of drug-likeness (QED) is 0.369. The Morgan fingerprint density at radius 1 is 1.14 bits per heavy atom. The number of nitrogens with zero attached hydrogens (tertiary/aromatic N) is 3. The highest BCUT2D eigenvalue weighted by molar-refractivity contribution is 7.18. The molecule has 37 heavy (non-hydrogen) atoms. The van der Waals surface area contributed by atoms with E-state index in [0.717, 1.165) is 47.5 Å². The number of carboxylic acids is 1. The summed E-state index contributed by atoms with van der Waals surface area (Å²) in [5.41, 5.74) is 2.37. The second-order valence-corrected chi connectivity index (χ2v) is 11.0. The summed E-state index contributed by atoms with van der Waals surface area (Å²) in [6.07, 6.45) is 5.32. The second-order valence-electron chi connectivity index (χ2n) is 9.95. The van der Waals surface area contributed by atoms with Crippen LogP contribution in [-0.2, 0) is 11.3 Å². The standard InChI is InChI=1S/C28H34N4O4S/c1-5-31-22(14-15-29-31)26(33)30-21-12-10-19(11-13-21)24-16-23(25(37-24)28(35)36)32(17(2)3)27(34)20-8-6-18(4)7-9-20/h10-18,20H,5-9H2,1-4H3,(H,30,33)(H,35,36)/t18-,20-. The van der Waals surface area contributed by atoms with E-state index in [1.54, 1.807) is 34.0 Å². The number of thiophene rings is 1. The first-order valence-electron chi connectivity index (χ1n) is 12.8. The summed E-state index contributed by atoms with van der Waals surface area (Å²) >= 11 is 1.16. The van der Waals surface area contributed by atoms with E-state index in [0.29, 0.717) is 29.5 Å². The van der Waals surface area contributed by atoms with Gasteiger partial charge in [-0.3, -0.25) is 14.3 Å². The summed E-state index contributed by atoms with van der Waals surface area (Å²) in [5.74, 6) is -0.727. The van der Waals surface area contributed by atoms with Crippen LogP contribution in [0.15, 0.2) is 42.6 Å². The number of aryl methyl sites for hydroxylation is 1. The molecule has 8 nitrogen and oxygen atoms in total. The van der Waals surface area contributed by atoms with Gasteiger partial charge in [0.2, 0.25) is 5.91 Å². The molecule has 9 heteroatoms. The first-order valence-corrected chi connectivity index (χ1v) is 13.6. The third kappa shape index (κ3) is 5.77. The van der Waals surface area contributed by atoms with Gasteiger partial charge in [-0.2, -0.15) is 5.10 Å². The number of carbonyl (C=O) groups is 3. The van der Waals surface area contributed by atoms with Crippen LogP contribution in [0.2, 0.25) is 0 Å². The van der Waals surface area contributed by atoms with Crippen molar-refractivity contribution in [3.63, 3.8) is 0 Å². The SMILES string of the molecule is CCn1nccc1C(=O)Nc1ccc(-c2cc(N(C(=O)[C@H]3CC[C@H](C)CC3)C(C)C)c(C(=O)O)s2)cc1. The lowest BCUT2D eigenvalue weighted by atomic mass is 9.82. The molecule has 0 aliphatic heterocycles. The Labute approximate surface area is 221 Å². The largest absolute Gasteiger partial charge is 0.477 e. The van der Waals surface area contributed by atoms with Crippen molar-refractivity contribution < 1.29 is 19.5 Å². The molecule has 0 spiro atoms. The van der Waals surface area contributed by atoms with Gasteiger partial charge in [-0.05, 0) is 82.2 Å². The Morgan fingerprint density at radius 2 is 1.81 bits per heavy atom. The van der Waals surface area contributed by atoms with Gasteiger partial charge in [-0.1, -0.05) is 19.1 Å². The number of anilines is 2. The fourth-order valence-corrected chi connectivity index (χ4v) is 5.89. The van der Waals surface area contributed by atoms with Crippen molar-refractivity contribution in [3.05, 3.63) is 53.2 Å². The number of carbonyl (C=O) groups excluding carboxylic acids is 2. The van der Waals surface area contributed by atoms with E-state index in [4.69, 9.17) is 0 Å². The molecule has 1 saturated carbocycles. The van der Waals surface area contributed by atoms with Gasteiger partial charge in [0, 0.05) is 35.3 Å². The molecule has 2 N–H and O–H groups in total. The topological polar surface area (TPSA) is 105 Å². The maximum atomic E-state index is 13.5. The zero-order valence-electron chi connectivity index (χ0n) is 21.7. The van der Waals surface area contributed by atoms with Crippen LogP contribution in [0, 0.1) is 11.8 Å². The zero-order valence-corrected chi connectivity index (χ0v) is 22.5. The number of benzene rings is 1. The van der Waals surface area contributed by atoms with Crippen LogP contribution in [0.1, 0.15) is 73.5 Å². The lowest BCUT2D eigenvalue weighted by Crippen LogP contribution is -2.42. The Balaban J connectivity index is 1.58. The molecule has 1 aromatic carbocycles. The van der Waals surface area contributed by atoms with Crippen LogP contribution in [0.3, 0.4) is 0 Å². The average Bonchev–Trinajstić information content (AvgIpc) is 3.52. The molecule has 4 rings (SSSR count). The number of aromatic carboxylic acids is 1. The summed E-state index contributed by atoms with van der Waals surface area (Å²) < 4.78 is 1.62. The number of amides is 2. The molecule has 1 fully saturated rings.